The maximum Gasteiger partial charge on any atom is 0.255 e. The second-order valence-electron chi connectivity index (χ2n) is 11.5. The molecule has 1 fully saturated rings. The number of phenols is 1. The highest BCUT2D eigenvalue weighted by Crippen LogP contribution is 2.55. The number of aliphatic hydroxyl groups excluding tert-OH is 3. The molecule has 0 aliphatic heterocycles. The fourth-order valence-corrected chi connectivity index (χ4v) is 7.64. The summed E-state index contributed by atoms with van der Waals surface area (Å²) in [5.41, 5.74) is 6.31. The minimum Gasteiger partial charge on any atom is -0.510 e. The van der Waals surface area contributed by atoms with Crippen LogP contribution >= 0.6 is 11.3 Å². The van der Waals surface area contributed by atoms with Crippen LogP contribution in [-0.2, 0) is 14.4 Å². The van der Waals surface area contributed by atoms with Crippen molar-refractivity contribution in [3.63, 3.8) is 0 Å². The topological polar surface area (TPSA) is 186 Å². The number of carbonyl (C=O) groups is 3. The highest BCUT2D eigenvalue weighted by molar-refractivity contribution is 7.14. The zero-order chi connectivity index (χ0) is 31.8. The minimum absolute atomic E-state index is 0.0380. The van der Waals surface area contributed by atoms with Crippen molar-refractivity contribution in [2.24, 2.45) is 23.5 Å². The first-order chi connectivity index (χ1) is 20.8. The Morgan fingerprint density at radius 3 is 2.39 bits per heavy atom. The monoisotopic (exact) mass is 620 g/mol. The summed E-state index contributed by atoms with van der Waals surface area (Å²) in [6, 6.07) is 8.00. The second kappa shape index (κ2) is 10.5. The van der Waals surface area contributed by atoms with E-state index in [1.54, 1.807) is 50.7 Å². The van der Waals surface area contributed by atoms with E-state index < -0.39 is 70.4 Å². The molecule has 228 valence electrons. The number of ketones is 2. The summed E-state index contributed by atoms with van der Waals surface area (Å²) in [5, 5.41) is 50.7. The summed E-state index contributed by atoms with van der Waals surface area (Å²) >= 11 is 1.23. The van der Waals surface area contributed by atoms with Gasteiger partial charge in [-0.1, -0.05) is 13.0 Å². The van der Waals surface area contributed by atoms with E-state index in [0.29, 0.717) is 22.0 Å². The second-order valence-corrected chi connectivity index (χ2v) is 12.3. The van der Waals surface area contributed by atoms with Crippen molar-refractivity contribution >= 4 is 45.4 Å². The average Bonchev–Trinajstić information content (AvgIpc) is 3.42. The number of aromatic nitrogens is 1. The third-order valence-corrected chi connectivity index (χ3v) is 9.64. The third-order valence-electron chi connectivity index (χ3n) is 8.88. The lowest BCUT2D eigenvalue weighted by Crippen LogP contribution is -2.61. The third kappa shape index (κ3) is 4.30. The van der Waals surface area contributed by atoms with Crippen molar-refractivity contribution in [1.29, 1.82) is 0 Å². The fraction of sp³-hybridized carbons (Fsp3) is 0.290. The number of thiazole rings is 1. The van der Waals surface area contributed by atoms with E-state index in [0.717, 1.165) is 0 Å². The van der Waals surface area contributed by atoms with Crippen LogP contribution in [0.2, 0.25) is 0 Å². The number of carbonyl (C=O) groups excluding carboxylic acids is 3. The van der Waals surface area contributed by atoms with Crippen LogP contribution in [-0.4, -0.2) is 74.0 Å². The highest BCUT2D eigenvalue weighted by atomic mass is 32.1. The Bertz CT molecular complexity index is 1800. The molecule has 6 rings (SSSR count). The summed E-state index contributed by atoms with van der Waals surface area (Å²) in [5.74, 6) is -9.32. The van der Waals surface area contributed by atoms with Gasteiger partial charge in [0, 0.05) is 28.4 Å². The smallest absolute Gasteiger partial charge is 0.255 e. The van der Waals surface area contributed by atoms with Crippen LogP contribution in [0.3, 0.4) is 0 Å². The first kappa shape index (κ1) is 29.5. The van der Waals surface area contributed by atoms with E-state index >= 15 is 0 Å². The quantitative estimate of drug-likeness (QED) is 0.140. The lowest BCUT2D eigenvalue weighted by atomic mass is 9.56. The SMILES string of the molecule is C[C@H]1c2ccc(Nc3nc(-c4ccc(F)cc4)cs3)c(O)c2C(O)=C2C(=O)C3C(=O)C(C(N)=O)=C(O)[C@@H](N(C)C)C3[C@@H](O)C21. The zero-order valence-electron chi connectivity index (χ0n) is 23.8. The number of aliphatic hydroxyl groups is 3. The van der Waals surface area contributed by atoms with Gasteiger partial charge in [0.25, 0.3) is 5.91 Å². The fourth-order valence-electron chi connectivity index (χ4n) is 6.91. The van der Waals surface area contributed by atoms with Gasteiger partial charge in [-0.3, -0.25) is 19.3 Å². The normalized spacial score (nSPS) is 26.4. The van der Waals surface area contributed by atoms with E-state index in [-0.39, 0.29) is 28.4 Å². The number of amides is 1. The number of Topliss-reactive ketones (excluding diaryl/α,β-unsaturated/α-hetero) is 2. The predicted molar refractivity (Wildman–Crippen MR) is 160 cm³/mol. The van der Waals surface area contributed by atoms with Crippen LogP contribution in [0, 0.1) is 23.6 Å². The van der Waals surface area contributed by atoms with Crippen LogP contribution in [0.4, 0.5) is 15.2 Å². The van der Waals surface area contributed by atoms with Gasteiger partial charge >= 0.3 is 0 Å². The van der Waals surface area contributed by atoms with Gasteiger partial charge in [0.2, 0.25) is 0 Å². The van der Waals surface area contributed by atoms with Gasteiger partial charge in [-0.05, 0) is 55.9 Å². The first-order valence-electron chi connectivity index (χ1n) is 13.8. The van der Waals surface area contributed by atoms with Gasteiger partial charge in [-0.15, -0.1) is 11.3 Å². The van der Waals surface area contributed by atoms with Crippen molar-refractivity contribution in [2.75, 3.05) is 19.4 Å². The highest BCUT2D eigenvalue weighted by Gasteiger charge is 2.60. The Hall–Kier alpha value is -4.59. The van der Waals surface area contributed by atoms with Gasteiger partial charge in [0.15, 0.2) is 16.7 Å². The lowest BCUT2D eigenvalue weighted by Gasteiger charge is -2.50. The number of hydrogen-bond donors (Lipinski definition) is 6. The lowest BCUT2D eigenvalue weighted by molar-refractivity contribution is -0.143. The van der Waals surface area contributed by atoms with Gasteiger partial charge in [-0.2, -0.15) is 0 Å². The number of aromatic hydroxyl groups is 1. The summed E-state index contributed by atoms with van der Waals surface area (Å²) < 4.78 is 13.3. The molecule has 3 aliphatic carbocycles. The van der Waals surface area contributed by atoms with Crippen LogP contribution in [0.1, 0.15) is 24.0 Å². The molecule has 0 spiro atoms. The number of nitrogens with two attached hydrogens (primary N) is 1. The number of phenolic OH excluding ortho intramolecular Hbond substituents is 1. The Morgan fingerprint density at radius 2 is 1.75 bits per heavy atom. The van der Waals surface area contributed by atoms with Crippen molar-refractivity contribution in [1.82, 2.24) is 9.88 Å². The molecule has 1 amide bonds. The van der Waals surface area contributed by atoms with Gasteiger partial charge < -0.3 is 31.5 Å². The van der Waals surface area contributed by atoms with Crippen LogP contribution < -0.4 is 11.1 Å². The molecular formula is C31H29FN4O7S. The Labute approximate surface area is 254 Å². The van der Waals surface area contributed by atoms with E-state index in [9.17, 15) is 39.2 Å². The van der Waals surface area contributed by atoms with E-state index in [1.807, 2.05) is 0 Å². The number of primary amides is 1. The maximum absolute atomic E-state index is 14.1. The maximum atomic E-state index is 14.1. The summed E-state index contributed by atoms with van der Waals surface area (Å²) in [6.45, 7) is 1.73. The molecule has 44 heavy (non-hydrogen) atoms. The Balaban J connectivity index is 1.41. The van der Waals surface area contributed by atoms with Crippen molar-refractivity contribution in [3.8, 4) is 17.0 Å². The molecule has 1 heterocycles. The minimum atomic E-state index is -1.60. The van der Waals surface area contributed by atoms with E-state index in [1.165, 1.54) is 28.4 Å². The molecule has 0 bridgehead atoms. The van der Waals surface area contributed by atoms with Gasteiger partial charge in [0.05, 0.1) is 35.0 Å². The number of benzene rings is 2. The number of hydrogen-bond acceptors (Lipinski definition) is 11. The first-order valence-corrected chi connectivity index (χ1v) is 14.6. The molecule has 1 aromatic heterocycles. The molecule has 7 N–H and O–H groups in total. The number of anilines is 2. The Morgan fingerprint density at radius 1 is 1.07 bits per heavy atom. The predicted octanol–water partition coefficient (Wildman–Crippen LogP) is 3.39. The van der Waals surface area contributed by atoms with Crippen LogP contribution in [0.5, 0.6) is 5.75 Å². The molecule has 0 radical (unpaired) electrons. The van der Waals surface area contributed by atoms with Crippen molar-refractivity contribution < 1.29 is 39.2 Å². The number of rotatable bonds is 5. The van der Waals surface area contributed by atoms with Crippen molar-refractivity contribution in [2.45, 2.75) is 25.0 Å². The summed E-state index contributed by atoms with van der Waals surface area (Å²) in [6.07, 6.45) is -1.40. The summed E-state index contributed by atoms with van der Waals surface area (Å²) in [4.78, 5) is 45.6. The van der Waals surface area contributed by atoms with Gasteiger partial charge in [-0.25, -0.2) is 9.37 Å². The molecule has 6 atom stereocenters. The number of likely N-dealkylation sites (N-methyl/N-ethyl adjacent to an activating group) is 1. The number of nitrogens with one attached hydrogen (secondary N) is 1. The number of halogens is 1. The molecule has 3 unspecified atom stereocenters. The van der Waals surface area contributed by atoms with E-state index in [2.05, 4.69) is 10.3 Å². The zero-order valence-corrected chi connectivity index (χ0v) is 24.6. The Kier molecular flexibility index (Phi) is 7.06. The van der Waals surface area contributed by atoms with Crippen LogP contribution in [0.25, 0.3) is 17.0 Å². The molecular weight excluding hydrogens is 591 g/mol. The molecule has 11 nitrogen and oxygen atoms in total. The summed E-state index contributed by atoms with van der Waals surface area (Å²) in [7, 11) is 3.15. The molecule has 13 heteroatoms. The molecule has 2 aromatic carbocycles. The van der Waals surface area contributed by atoms with E-state index in [4.69, 9.17) is 5.73 Å². The van der Waals surface area contributed by atoms with Crippen LogP contribution in [0.15, 0.2) is 58.7 Å². The van der Waals surface area contributed by atoms with Gasteiger partial charge in [0.1, 0.15) is 28.7 Å². The number of fused-ring (bicyclic) bond motifs is 3. The standard InChI is InChI=1S/C31H29FN4O7S/c1-11-14-8-9-15(34-31-35-16(10-44-31)12-4-6-13(32)7-5-12)24(37)18(14)26(39)20-17(11)25(38)19-21(27(20)40)28(41)22(30(33)43)29(42)23(19)36(2)3/h4-11,17,19,21,23,25,37-39,42H,1-3H3,(H2,33,43)(H,34,35)/t11-,17?,19?,21?,23-,25-/m0/s1. The molecule has 3 aliphatic rings. The molecule has 0 saturated heterocycles. The molecule has 1 saturated carbocycles. The largest absolute Gasteiger partial charge is 0.510 e. The molecule has 3 aromatic rings. The van der Waals surface area contributed by atoms with Crippen molar-refractivity contribution in [3.05, 3.63) is 75.6 Å². The number of nitrogens with zero attached hydrogens (tertiary/aromatic N) is 2. The average molecular weight is 621 g/mol.